The molecule has 0 atom stereocenters. The van der Waals surface area contributed by atoms with E-state index in [2.05, 4.69) is 40.8 Å². The van der Waals surface area contributed by atoms with Crippen LogP contribution in [-0.4, -0.2) is 86.6 Å². The Hall–Kier alpha value is -4.78. The predicted molar refractivity (Wildman–Crippen MR) is 188 cm³/mol. The molecule has 49 heavy (non-hydrogen) atoms. The third kappa shape index (κ3) is 8.27. The normalized spacial score (nSPS) is 14.8. The number of methoxy groups -OCH3 is 3. The van der Waals surface area contributed by atoms with Gasteiger partial charge in [0.25, 0.3) is 5.91 Å². The molecule has 260 valence electrons. The zero-order valence-electron chi connectivity index (χ0n) is 29.0. The van der Waals surface area contributed by atoms with Crippen LogP contribution in [0, 0.1) is 6.92 Å². The molecule has 0 unspecified atom stereocenters. The van der Waals surface area contributed by atoms with E-state index in [1.165, 1.54) is 0 Å². The number of amides is 1. The first-order valence-corrected chi connectivity index (χ1v) is 16.6. The summed E-state index contributed by atoms with van der Waals surface area (Å²) in [5.74, 6) is 2.12. The van der Waals surface area contributed by atoms with E-state index >= 15 is 0 Å². The van der Waals surface area contributed by atoms with Gasteiger partial charge in [-0.1, -0.05) is 18.2 Å². The van der Waals surface area contributed by atoms with Crippen molar-refractivity contribution in [3.05, 3.63) is 88.6 Å². The maximum Gasteiger partial charge on any atom is 0.260 e. The van der Waals surface area contributed by atoms with Gasteiger partial charge in [-0.15, -0.1) is 0 Å². The van der Waals surface area contributed by atoms with Crippen LogP contribution >= 0.6 is 0 Å². The number of likely N-dealkylation sites (tertiary alicyclic amines) is 1. The highest BCUT2D eigenvalue weighted by atomic mass is 16.7. The number of hydrogen-bond acceptors (Lipinski definition) is 10. The van der Waals surface area contributed by atoms with Crippen molar-refractivity contribution < 1.29 is 28.5 Å². The number of rotatable bonds is 14. The van der Waals surface area contributed by atoms with Crippen molar-refractivity contribution in [2.45, 2.75) is 45.4 Å². The first kappa shape index (κ1) is 34.1. The average Bonchev–Trinajstić information content (AvgIpc) is 3.69. The summed E-state index contributed by atoms with van der Waals surface area (Å²) in [6.45, 7) is 5.57. The Kier molecular flexibility index (Phi) is 10.9. The van der Waals surface area contributed by atoms with E-state index < -0.39 is 0 Å². The second-order valence-corrected chi connectivity index (χ2v) is 12.6. The lowest BCUT2D eigenvalue weighted by molar-refractivity contribution is 0.0450. The third-order valence-corrected chi connectivity index (χ3v) is 8.93. The molecular formula is C37H46N6O6. The monoisotopic (exact) mass is 670 g/mol. The number of carbonyl (C=O) groups excluding carboxylic acids is 1. The minimum Gasteiger partial charge on any atom is -0.497 e. The van der Waals surface area contributed by atoms with Crippen molar-refractivity contribution in [1.29, 1.82) is 0 Å². The van der Waals surface area contributed by atoms with Gasteiger partial charge in [-0.25, -0.2) is 4.68 Å². The standard InChI is InChI=1S/C37H46N6O6/c1-25-16-35(43(40-25)20-26-6-10-31(47-5)11-7-26)39-33-18-32(48-23-45-3)19-34(49-24-46-4)36(33)37(44)42-21-27-8-9-30(17-28(27)22-42)38-29-12-14-41(2)15-13-29/h6-11,16-19,29,38-39H,12-15,20-24H2,1-5H3. The highest BCUT2D eigenvalue weighted by molar-refractivity contribution is 6.03. The highest BCUT2D eigenvalue weighted by Gasteiger charge is 2.30. The topological polar surface area (TPSA) is 112 Å². The fourth-order valence-electron chi connectivity index (χ4n) is 6.34. The second kappa shape index (κ2) is 15.6. The van der Waals surface area contributed by atoms with Crippen LogP contribution in [0.4, 0.5) is 17.2 Å². The van der Waals surface area contributed by atoms with Gasteiger partial charge in [-0.3, -0.25) is 4.79 Å². The summed E-state index contributed by atoms with van der Waals surface area (Å²) in [6, 6.07) is 20.2. The molecule has 1 fully saturated rings. The zero-order valence-corrected chi connectivity index (χ0v) is 29.0. The Balaban J connectivity index is 1.29. The summed E-state index contributed by atoms with van der Waals surface area (Å²) in [6.07, 6.45) is 2.22. The number of carbonyl (C=O) groups is 1. The number of anilines is 3. The van der Waals surface area contributed by atoms with E-state index in [4.69, 9.17) is 28.8 Å². The van der Waals surface area contributed by atoms with Crippen LogP contribution in [0.5, 0.6) is 17.2 Å². The number of hydrogen-bond donors (Lipinski definition) is 2. The van der Waals surface area contributed by atoms with Crippen LogP contribution in [0.15, 0.2) is 60.7 Å². The zero-order chi connectivity index (χ0) is 34.3. The Bertz CT molecular complexity index is 1730. The van der Waals surface area contributed by atoms with E-state index in [0.717, 1.165) is 59.8 Å². The van der Waals surface area contributed by atoms with Crippen LogP contribution in [0.2, 0.25) is 0 Å². The molecule has 6 rings (SSSR count). The third-order valence-electron chi connectivity index (χ3n) is 8.93. The second-order valence-electron chi connectivity index (χ2n) is 12.6. The maximum atomic E-state index is 14.6. The van der Waals surface area contributed by atoms with Crippen molar-refractivity contribution in [2.75, 3.05) is 65.7 Å². The lowest BCUT2D eigenvalue weighted by Gasteiger charge is -2.30. The van der Waals surface area contributed by atoms with E-state index in [1.54, 1.807) is 33.5 Å². The molecule has 0 radical (unpaired) electrons. The molecule has 0 bridgehead atoms. The average molecular weight is 671 g/mol. The van der Waals surface area contributed by atoms with Crippen LogP contribution < -0.4 is 24.8 Å². The van der Waals surface area contributed by atoms with Gasteiger partial charge in [0, 0.05) is 57.2 Å². The summed E-state index contributed by atoms with van der Waals surface area (Å²) >= 11 is 0. The Labute approximate surface area is 287 Å². The smallest absolute Gasteiger partial charge is 0.260 e. The van der Waals surface area contributed by atoms with E-state index in [0.29, 0.717) is 54.2 Å². The van der Waals surface area contributed by atoms with Gasteiger partial charge >= 0.3 is 0 Å². The Morgan fingerprint density at radius 1 is 0.878 bits per heavy atom. The molecular weight excluding hydrogens is 624 g/mol. The van der Waals surface area contributed by atoms with Gasteiger partial charge in [0.05, 0.1) is 25.0 Å². The highest BCUT2D eigenvalue weighted by Crippen LogP contribution is 2.38. The van der Waals surface area contributed by atoms with Crippen LogP contribution in [0.3, 0.4) is 0 Å². The quantitative estimate of drug-likeness (QED) is 0.164. The molecule has 2 aliphatic heterocycles. The number of ether oxygens (including phenoxy) is 5. The number of aryl methyl sites for hydroxylation is 1. The minimum absolute atomic E-state index is 0.0281. The fourth-order valence-corrected chi connectivity index (χ4v) is 6.34. The summed E-state index contributed by atoms with van der Waals surface area (Å²) in [7, 11) is 6.91. The van der Waals surface area contributed by atoms with Gasteiger partial charge in [0.1, 0.15) is 28.6 Å². The number of aromatic nitrogens is 2. The molecule has 0 spiro atoms. The number of piperidine rings is 1. The van der Waals surface area contributed by atoms with E-state index in [9.17, 15) is 4.79 Å². The van der Waals surface area contributed by atoms with Gasteiger partial charge in [0.15, 0.2) is 13.6 Å². The summed E-state index contributed by atoms with van der Waals surface area (Å²) in [4.78, 5) is 18.8. The fraction of sp³-hybridized carbons (Fsp3) is 0.405. The SMILES string of the molecule is COCOc1cc(Nc2cc(C)nn2Cc2ccc(OC)cc2)c(C(=O)N2Cc3ccc(NC4CCN(C)CC4)cc3C2)c(OCOC)c1. The van der Waals surface area contributed by atoms with Crippen molar-refractivity contribution >= 4 is 23.1 Å². The molecule has 12 nitrogen and oxygen atoms in total. The van der Waals surface area contributed by atoms with Crippen molar-refractivity contribution in [3.63, 3.8) is 0 Å². The van der Waals surface area contributed by atoms with Crippen LogP contribution in [-0.2, 0) is 29.1 Å². The molecule has 1 aromatic heterocycles. The van der Waals surface area contributed by atoms with Gasteiger partial charge in [0.2, 0.25) is 0 Å². The van der Waals surface area contributed by atoms with Crippen LogP contribution in [0.25, 0.3) is 0 Å². The summed E-state index contributed by atoms with van der Waals surface area (Å²) < 4.78 is 29.5. The van der Waals surface area contributed by atoms with Crippen LogP contribution in [0.1, 0.15) is 45.6 Å². The molecule has 3 heterocycles. The molecule has 2 N–H and O–H groups in total. The largest absolute Gasteiger partial charge is 0.497 e. The number of fused-ring (bicyclic) bond motifs is 1. The van der Waals surface area contributed by atoms with Gasteiger partial charge in [-0.2, -0.15) is 5.10 Å². The van der Waals surface area contributed by atoms with Gasteiger partial charge < -0.3 is 44.1 Å². The van der Waals surface area contributed by atoms with E-state index in [1.807, 2.05) is 46.8 Å². The number of nitrogens with one attached hydrogen (secondary N) is 2. The molecule has 1 amide bonds. The molecule has 1 saturated heterocycles. The molecule has 2 aliphatic rings. The maximum absolute atomic E-state index is 14.6. The number of nitrogens with zero attached hydrogens (tertiary/aromatic N) is 4. The predicted octanol–water partition coefficient (Wildman–Crippen LogP) is 5.62. The van der Waals surface area contributed by atoms with Crippen molar-refractivity contribution in [1.82, 2.24) is 19.6 Å². The minimum atomic E-state index is -0.175. The summed E-state index contributed by atoms with van der Waals surface area (Å²) in [5.41, 5.74) is 6.11. The molecule has 0 aliphatic carbocycles. The van der Waals surface area contributed by atoms with E-state index in [-0.39, 0.29) is 19.5 Å². The lowest BCUT2D eigenvalue weighted by atomic mass is 10.0. The summed E-state index contributed by atoms with van der Waals surface area (Å²) in [5, 5.41) is 11.9. The molecule has 4 aromatic rings. The Morgan fingerprint density at radius 3 is 2.35 bits per heavy atom. The Morgan fingerprint density at radius 2 is 1.61 bits per heavy atom. The molecule has 3 aromatic carbocycles. The van der Waals surface area contributed by atoms with Crippen molar-refractivity contribution in [2.24, 2.45) is 0 Å². The van der Waals surface area contributed by atoms with Crippen molar-refractivity contribution in [3.8, 4) is 17.2 Å². The van der Waals surface area contributed by atoms with Gasteiger partial charge in [-0.05, 0) is 80.9 Å². The first-order valence-electron chi connectivity index (χ1n) is 16.6. The first-order chi connectivity index (χ1) is 23.8. The molecule has 0 saturated carbocycles. The molecule has 12 heteroatoms. The number of benzene rings is 3. The lowest BCUT2D eigenvalue weighted by Crippen LogP contribution is -2.36.